The van der Waals surface area contributed by atoms with Crippen LogP contribution >= 0.6 is 15.2 Å². The number of carbonyl (C=O) groups is 2. The molecule has 0 saturated carbocycles. The Balaban J connectivity index is 2.43. The Kier molecular flexibility index (Phi) is 6.46. The van der Waals surface area contributed by atoms with Gasteiger partial charge in [0.25, 0.3) is 0 Å². The van der Waals surface area contributed by atoms with Crippen LogP contribution in [-0.4, -0.2) is 39.3 Å². The van der Waals surface area contributed by atoms with Gasteiger partial charge < -0.3 is 34.0 Å². The maximum atomic E-state index is 13.2. The minimum absolute atomic E-state index is 0.0906. The van der Waals surface area contributed by atoms with E-state index < -0.39 is 47.5 Å². The lowest BCUT2D eigenvalue weighted by atomic mass is 10.0. The van der Waals surface area contributed by atoms with Crippen LogP contribution in [0, 0.1) is 0 Å². The largest absolute Gasteiger partial charge is 0.775 e. The molecule has 0 fully saturated rings. The average Bonchev–Trinajstić information content (AvgIpc) is 2.92. The van der Waals surface area contributed by atoms with Gasteiger partial charge in [-0.15, -0.1) is 0 Å². The second-order valence-electron chi connectivity index (χ2n) is 6.98. The number of benzene rings is 2. The molecule has 1 heterocycles. The van der Waals surface area contributed by atoms with E-state index in [4.69, 9.17) is 0 Å². The fourth-order valence-corrected chi connectivity index (χ4v) is 6.87. The summed E-state index contributed by atoms with van der Waals surface area (Å²) in [5.41, 5.74) is -0.773. The summed E-state index contributed by atoms with van der Waals surface area (Å²) in [6.07, 6.45) is 0. The van der Waals surface area contributed by atoms with E-state index in [2.05, 4.69) is 19.7 Å². The van der Waals surface area contributed by atoms with Gasteiger partial charge in [0.15, 0.2) is 7.60 Å². The van der Waals surface area contributed by atoms with E-state index in [0.29, 0.717) is 0 Å². The summed E-state index contributed by atoms with van der Waals surface area (Å²) < 4.78 is 60.8. The zero-order valence-corrected chi connectivity index (χ0v) is 20.3. The van der Waals surface area contributed by atoms with Crippen molar-refractivity contribution in [2.24, 2.45) is 0 Å². The van der Waals surface area contributed by atoms with Crippen molar-refractivity contribution in [3.8, 4) is 11.1 Å². The SMILES string of the molecule is COP(=O)([O-])c1cc2c(cc1NC(C)=O)S(=O)(=O)c1cc(NC(C)=O)c(P(=O)(O)OC)cc1-2. The van der Waals surface area contributed by atoms with Crippen molar-refractivity contribution in [1.82, 2.24) is 0 Å². The normalized spacial score (nSPS) is 17.3. The number of sulfone groups is 1. The molecule has 2 amide bonds. The number of hydrogen-bond donors (Lipinski definition) is 3. The molecule has 0 aromatic heterocycles. The second kappa shape index (κ2) is 8.44. The van der Waals surface area contributed by atoms with Crippen molar-refractivity contribution < 1.29 is 46.0 Å². The van der Waals surface area contributed by atoms with Gasteiger partial charge >= 0.3 is 7.60 Å². The molecule has 2 aromatic carbocycles. The summed E-state index contributed by atoms with van der Waals surface area (Å²) in [4.78, 5) is 45.2. The lowest BCUT2D eigenvalue weighted by Crippen LogP contribution is -2.23. The summed E-state index contributed by atoms with van der Waals surface area (Å²) in [7, 11) is -11.6. The molecule has 0 bridgehead atoms. The second-order valence-corrected chi connectivity index (χ2v) is 12.6. The predicted octanol–water partition coefficient (Wildman–Crippen LogP) is 0.699. The Morgan fingerprint density at radius 2 is 1.30 bits per heavy atom. The Labute approximate surface area is 188 Å². The van der Waals surface area contributed by atoms with Crippen molar-refractivity contribution in [1.29, 1.82) is 0 Å². The standard InChI is InChI=1S/C18H20N2O10P2S/c1-9(21)19-13-7-17-11(5-15(13)31(23,24)29-3)12-6-16(32(25,26)30-4)14(20-10(2)22)8-18(12)33(17,27)28/h5-8H,1-4H3,(H,19,21)(H,20,22)(H,23,24)(H,25,26)/p-1. The first-order valence-electron chi connectivity index (χ1n) is 9.09. The number of nitrogens with one attached hydrogen (secondary N) is 2. The zero-order chi connectivity index (χ0) is 24.9. The van der Waals surface area contributed by atoms with Gasteiger partial charge in [-0.05, 0) is 24.3 Å². The molecule has 2 atom stereocenters. The van der Waals surface area contributed by atoms with Crippen LogP contribution < -0.4 is 26.1 Å². The van der Waals surface area contributed by atoms with Crippen molar-refractivity contribution >= 4 is 58.8 Å². The van der Waals surface area contributed by atoms with Crippen molar-refractivity contribution in [2.75, 3.05) is 24.9 Å². The molecule has 0 spiro atoms. The van der Waals surface area contributed by atoms with Crippen LogP contribution in [0.1, 0.15) is 13.8 Å². The highest BCUT2D eigenvalue weighted by molar-refractivity contribution is 7.92. The quantitative estimate of drug-likeness (QED) is 0.393. The number of carbonyl (C=O) groups excluding carboxylic acids is 2. The molecule has 15 heteroatoms. The molecule has 178 valence electrons. The first-order valence-corrected chi connectivity index (χ1v) is 13.7. The zero-order valence-electron chi connectivity index (χ0n) is 17.7. The first kappa shape index (κ1) is 25.3. The predicted molar refractivity (Wildman–Crippen MR) is 117 cm³/mol. The molecule has 2 unspecified atom stereocenters. The van der Waals surface area contributed by atoms with Crippen LogP contribution in [0.25, 0.3) is 11.1 Å². The third kappa shape index (κ3) is 4.41. The van der Waals surface area contributed by atoms with E-state index in [1.165, 1.54) is 0 Å². The van der Waals surface area contributed by atoms with Gasteiger partial charge in [-0.25, -0.2) is 8.42 Å². The number of hydrogen-bond acceptors (Lipinski definition) is 9. The number of rotatable bonds is 6. The van der Waals surface area contributed by atoms with Gasteiger partial charge in [0.2, 0.25) is 21.7 Å². The molecule has 2 aromatic rings. The molecule has 33 heavy (non-hydrogen) atoms. The minimum Gasteiger partial charge on any atom is -0.775 e. The maximum Gasteiger partial charge on any atom is 0.360 e. The van der Waals surface area contributed by atoms with Gasteiger partial charge in [-0.1, -0.05) is 0 Å². The van der Waals surface area contributed by atoms with Crippen LogP contribution in [0.2, 0.25) is 0 Å². The Morgan fingerprint density at radius 1 is 0.879 bits per heavy atom. The summed E-state index contributed by atoms with van der Waals surface area (Å²) >= 11 is 0. The molecular formula is C18H19N2O10P2S-. The monoisotopic (exact) mass is 517 g/mol. The average molecular weight is 517 g/mol. The Bertz CT molecular complexity index is 1300. The summed E-state index contributed by atoms with van der Waals surface area (Å²) in [6, 6.07) is 4.00. The summed E-state index contributed by atoms with van der Waals surface area (Å²) in [5, 5.41) is 3.69. The van der Waals surface area contributed by atoms with Crippen LogP contribution in [-0.2, 0) is 37.6 Å². The summed E-state index contributed by atoms with van der Waals surface area (Å²) in [5.74, 6) is -1.29. The number of fused-ring (bicyclic) bond motifs is 3. The molecule has 0 radical (unpaired) electrons. The number of anilines is 2. The van der Waals surface area contributed by atoms with Crippen LogP contribution in [0.5, 0.6) is 0 Å². The third-order valence-corrected chi connectivity index (χ3v) is 9.52. The fraction of sp³-hybridized carbons (Fsp3) is 0.222. The highest BCUT2D eigenvalue weighted by Gasteiger charge is 2.38. The third-order valence-electron chi connectivity index (χ3n) is 4.77. The molecule has 3 N–H and O–H groups in total. The molecule has 0 aliphatic carbocycles. The Morgan fingerprint density at radius 3 is 1.70 bits per heavy atom. The van der Waals surface area contributed by atoms with E-state index in [1.54, 1.807) is 0 Å². The number of amides is 2. The van der Waals surface area contributed by atoms with Gasteiger partial charge in [0, 0.05) is 44.5 Å². The van der Waals surface area contributed by atoms with E-state index >= 15 is 0 Å². The maximum absolute atomic E-state index is 13.2. The van der Waals surface area contributed by atoms with Crippen molar-refractivity contribution in [2.45, 2.75) is 23.6 Å². The highest BCUT2D eigenvalue weighted by atomic mass is 32.2. The van der Waals surface area contributed by atoms with E-state index in [0.717, 1.165) is 52.3 Å². The van der Waals surface area contributed by atoms with Crippen LogP contribution in [0.4, 0.5) is 11.4 Å². The molecule has 0 saturated heterocycles. The van der Waals surface area contributed by atoms with Gasteiger partial charge in [0.1, 0.15) is 0 Å². The molecule has 3 rings (SSSR count). The molecule has 1 aliphatic rings. The van der Waals surface area contributed by atoms with Crippen LogP contribution in [0.3, 0.4) is 0 Å². The smallest absolute Gasteiger partial charge is 0.360 e. The van der Waals surface area contributed by atoms with Crippen molar-refractivity contribution in [3.05, 3.63) is 24.3 Å². The van der Waals surface area contributed by atoms with E-state index in [9.17, 15) is 36.9 Å². The Hall–Kier alpha value is -2.37. The van der Waals surface area contributed by atoms with Crippen LogP contribution in [0.15, 0.2) is 34.1 Å². The lowest BCUT2D eigenvalue weighted by molar-refractivity contribution is -0.191. The van der Waals surface area contributed by atoms with Gasteiger partial charge in [-0.3, -0.25) is 14.2 Å². The first-order chi connectivity index (χ1) is 15.2. The minimum atomic E-state index is -4.73. The van der Waals surface area contributed by atoms with Gasteiger partial charge in [0.05, 0.1) is 26.5 Å². The lowest BCUT2D eigenvalue weighted by Gasteiger charge is -2.24. The topological polar surface area (TPSA) is 188 Å². The van der Waals surface area contributed by atoms with Crippen molar-refractivity contribution in [3.63, 3.8) is 0 Å². The summed E-state index contributed by atoms with van der Waals surface area (Å²) in [6.45, 7) is 2.23. The highest BCUT2D eigenvalue weighted by Crippen LogP contribution is 2.50. The molecular weight excluding hydrogens is 498 g/mol. The molecule has 12 nitrogen and oxygen atoms in total. The van der Waals surface area contributed by atoms with Gasteiger partial charge in [-0.2, -0.15) is 0 Å². The van der Waals surface area contributed by atoms with E-state index in [1.807, 2.05) is 0 Å². The fourth-order valence-electron chi connectivity index (χ4n) is 3.36. The van der Waals surface area contributed by atoms with E-state index in [-0.39, 0.29) is 32.3 Å². The molecule has 1 aliphatic heterocycles.